The van der Waals surface area contributed by atoms with Gasteiger partial charge in [0.2, 0.25) is 0 Å². The van der Waals surface area contributed by atoms with Gasteiger partial charge in [-0.25, -0.2) is 18.0 Å². The van der Waals surface area contributed by atoms with Crippen LogP contribution < -0.4 is 5.32 Å². The lowest BCUT2D eigenvalue weighted by molar-refractivity contribution is -0.150. The normalized spacial score (nSPS) is 24.0. The highest BCUT2D eigenvalue weighted by atomic mass is 32.2. The standard InChI is InChI=1S/C13H16N2O9S/c1-6(16)24-4-7-5-25(20,21)11-8(14-13(19)23-3)10(17)15(11)9(7)12(18)22-2/h8,11H,4-5H2,1-3H3,(H,14,19)/t8?,11-/m1/s1. The van der Waals surface area contributed by atoms with E-state index in [0.717, 1.165) is 26.0 Å². The number of β-lactam (4-membered cyclic amide) rings is 1. The summed E-state index contributed by atoms with van der Waals surface area (Å²) in [6.07, 6.45) is -0.984. The van der Waals surface area contributed by atoms with Crippen molar-refractivity contribution in [2.24, 2.45) is 0 Å². The molecular formula is C13H16N2O9S. The molecule has 2 rings (SSSR count). The van der Waals surface area contributed by atoms with Crippen LogP contribution >= 0.6 is 0 Å². The molecule has 11 nitrogen and oxygen atoms in total. The molecule has 0 aromatic carbocycles. The number of esters is 2. The molecule has 2 aliphatic heterocycles. The van der Waals surface area contributed by atoms with Crippen molar-refractivity contribution in [2.45, 2.75) is 18.3 Å². The minimum absolute atomic E-state index is 0.0804. The largest absolute Gasteiger partial charge is 0.464 e. The molecule has 0 bridgehead atoms. The second-order valence-electron chi connectivity index (χ2n) is 5.24. The lowest BCUT2D eigenvalue weighted by atomic mass is 10.0. The van der Waals surface area contributed by atoms with Crippen LogP contribution in [-0.2, 0) is 38.4 Å². The van der Waals surface area contributed by atoms with Crippen LogP contribution in [0.4, 0.5) is 4.79 Å². The average Bonchev–Trinajstić information content (AvgIpc) is 2.55. The lowest BCUT2D eigenvalue weighted by Crippen LogP contribution is -2.74. The zero-order valence-corrected chi connectivity index (χ0v) is 14.4. The molecule has 25 heavy (non-hydrogen) atoms. The molecular weight excluding hydrogens is 360 g/mol. The first-order valence-electron chi connectivity index (χ1n) is 6.96. The van der Waals surface area contributed by atoms with E-state index in [0.29, 0.717) is 0 Å². The number of carbonyl (C=O) groups is 4. The fourth-order valence-electron chi connectivity index (χ4n) is 2.59. The van der Waals surface area contributed by atoms with E-state index < -0.39 is 57.6 Å². The number of alkyl carbamates (subject to hydrolysis) is 1. The molecule has 0 saturated carbocycles. The van der Waals surface area contributed by atoms with E-state index in [4.69, 9.17) is 4.74 Å². The third-order valence-electron chi connectivity index (χ3n) is 3.65. The number of ether oxygens (including phenoxy) is 3. The maximum absolute atomic E-state index is 12.5. The quantitative estimate of drug-likeness (QED) is 0.344. The average molecular weight is 376 g/mol. The fourth-order valence-corrected chi connectivity index (χ4v) is 4.60. The van der Waals surface area contributed by atoms with Gasteiger partial charge in [0.15, 0.2) is 15.2 Å². The van der Waals surface area contributed by atoms with Crippen LogP contribution in [-0.4, -0.2) is 75.3 Å². The predicted octanol–water partition coefficient (Wildman–Crippen LogP) is -1.70. The molecule has 1 fully saturated rings. The van der Waals surface area contributed by atoms with Crippen molar-refractivity contribution in [1.82, 2.24) is 10.2 Å². The molecule has 1 saturated heterocycles. The van der Waals surface area contributed by atoms with Gasteiger partial charge in [-0.1, -0.05) is 0 Å². The Balaban J connectivity index is 2.44. The van der Waals surface area contributed by atoms with Crippen molar-refractivity contribution >= 4 is 33.8 Å². The summed E-state index contributed by atoms with van der Waals surface area (Å²) >= 11 is 0. The Kier molecular flexibility index (Phi) is 5.02. The number of rotatable bonds is 4. The Hall–Kier alpha value is -2.63. The summed E-state index contributed by atoms with van der Waals surface area (Å²) in [5.41, 5.74) is -0.389. The summed E-state index contributed by atoms with van der Waals surface area (Å²) in [6.45, 7) is 0.633. The number of nitrogens with zero attached hydrogens (tertiary/aromatic N) is 1. The van der Waals surface area contributed by atoms with E-state index in [9.17, 15) is 27.6 Å². The first-order chi connectivity index (χ1) is 11.6. The lowest BCUT2D eigenvalue weighted by Gasteiger charge is -2.48. The van der Waals surface area contributed by atoms with Crippen LogP contribution in [0.5, 0.6) is 0 Å². The third-order valence-corrected chi connectivity index (χ3v) is 5.62. The smallest absolute Gasteiger partial charge is 0.407 e. The van der Waals surface area contributed by atoms with E-state index in [1.165, 1.54) is 0 Å². The number of methoxy groups -OCH3 is 2. The highest BCUT2D eigenvalue weighted by molar-refractivity contribution is 7.92. The number of hydrogen-bond donors (Lipinski definition) is 1. The van der Waals surface area contributed by atoms with Crippen molar-refractivity contribution in [3.63, 3.8) is 0 Å². The number of sulfone groups is 1. The number of amides is 2. The first kappa shape index (κ1) is 18.7. The van der Waals surface area contributed by atoms with Crippen LogP contribution in [0.3, 0.4) is 0 Å². The molecule has 1 unspecified atom stereocenters. The first-order valence-corrected chi connectivity index (χ1v) is 8.68. The molecule has 2 atom stereocenters. The second-order valence-corrected chi connectivity index (χ2v) is 7.34. The number of hydrogen-bond acceptors (Lipinski definition) is 9. The molecule has 2 amide bonds. The minimum atomic E-state index is -3.95. The van der Waals surface area contributed by atoms with E-state index in [1.54, 1.807) is 0 Å². The summed E-state index contributed by atoms with van der Waals surface area (Å²) in [6, 6.07) is -1.38. The van der Waals surface area contributed by atoms with Crippen LogP contribution in [0.2, 0.25) is 0 Å². The van der Waals surface area contributed by atoms with E-state index in [-0.39, 0.29) is 11.3 Å². The van der Waals surface area contributed by atoms with Gasteiger partial charge in [-0.2, -0.15) is 0 Å². The van der Waals surface area contributed by atoms with Crippen molar-refractivity contribution in [3.05, 3.63) is 11.3 Å². The maximum Gasteiger partial charge on any atom is 0.407 e. The molecule has 0 aromatic rings. The van der Waals surface area contributed by atoms with E-state index in [2.05, 4.69) is 14.8 Å². The van der Waals surface area contributed by atoms with Crippen molar-refractivity contribution in [1.29, 1.82) is 0 Å². The summed E-state index contributed by atoms with van der Waals surface area (Å²) in [4.78, 5) is 47.3. The Morgan fingerprint density at radius 3 is 2.40 bits per heavy atom. The number of nitrogens with one attached hydrogen (secondary N) is 1. The Bertz CT molecular complexity index is 770. The molecule has 0 radical (unpaired) electrons. The zero-order chi connectivity index (χ0) is 18.9. The highest BCUT2D eigenvalue weighted by Gasteiger charge is 2.60. The van der Waals surface area contributed by atoms with Crippen LogP contribution in [0.1, 0.15) is 6.92 Å². The Labute approximate surface area is 142 Å². The fraction of sp³-hybridized carbons (Fsp3) is 0.538. The Morgan fingerprint density at radius 2 is 1.88 bits per heavy atom. The zero-order valence-electron chi connectivity index (χ0n) is 13.6. The van der Waals surface area contributed by atoms with Gasteiger partial charge in [-0.05, 0) is 0 Å². The van der Waals surface area contributed by atoms with E-state index >= 15 is 0 Å². The molecule has 2 aliphatic rings. The molecule has 12 heteroatoms. The van der Waals surface area contributed by atoms with Gasteiger partial charge in [0.1, 0.15) is 18.3 Å². The van der Waals surface area contributed by atoms with Gasteiger partial charge in [0, 0.05) is 12.5 Å². The third kappa shape index (κ3) is 3.29. The molecule has 0 spiro atoms. The minimum Gasteiger partial charge on any atom is -0.464 e. The van der Waals surface area contributed by atoms with Gasteiger partial charge in [0.25, 0.3) is 5.91 Å². The molecule has 1 N–H and O–H groups in total. The van der Waals surface area contributed by atoms with Crippen molar-refractivity contribution < 1.29 is 41.8 Å². The maximum atomic E-state index is 12.5. The monoisotopic (exact) mass is 376 g/mol. The molecule has 0 aliphatic carbocycles. The van der Waals surface area contributed by atoms with Gasteiger partial charge in [-0.15, -0.1) is 0 Å². The Morgan fingerprint density at radius 1 is 1.24 bits per heavy atom. The summed E-state index contributed by atoms with van der Waals surface area (Å²) < 4.78 is 38.6. The summed E-state index contributed by atoms with van der Waals surface area (Å²) in [5.74, 6) is -3.08. The van der Waals surface area contributed by atoms with Crippen LogP contribution in [0.25, 0.3) is 0 Å². The summed E-state index contributed by atoms with van der Waals surface area (Å²) in [5, 5.41) is 0.658. The molecule has 2 heterocycles. The summed E-state index contributed by atoms with van der Waals surface area (Å²) in [7, 11) is -1.83. The van der Waals surface area contributed by atoms with Crippen molar-refractivity contribution in [3.8, 4) is 0 Å². The van der Waals surface area contributed by atoms with Crippen LogP contribution in [0.15, 0.2) is 11.3 Å². The van der Waals surface area contributed by atoms with Crippen LogP contribution in [0, 0.1) is 0 Å². The van der Waals surface area contributed by atoms with Gasteiger partial charge < -0.3 is 19.5 Å². The number of carbonyl (C=O) groups excluding carboxylic acids is 4. The molecule has 0 aromatic heterocycles. The second kappa shape index (κ2) is 6.70. The topological polar surface area (TPSA) is 145 Å². The van der Waals surface area contributed by atoms with Gasteiger partial charge in [-0.3, -0.25) is 14.5 Å². The molecule has 138 valence electrons. The predicted molar refractivity (Wildman–Crippen MR) is 79.4 cm³/mol. The SMILES string of the molecule is COC(=O)NC1C(=O)N2C(C(=O)OC)=C(COC(C)=O)CS(=O)(=O)[C@H]12. The van der Waals surface area contributed by atoms with Crippen molar-refractivity contribution in [2.75, 3.05) is 26.6 Å². The van der Waals surface area contributed by atoms with Gasteiger partial charge in [0.05, 0.1) is 20.0 Å². The van der Waals surface area contributed by atoms with Gasteiger partial charge >= 0.3 is 18.0 Å². The van der Waals surface area contributed by atoms with E-state index in [1.807, 2.05) is 0 Å². The number of fused-ring (bicyclic) bond motifs is 1. The highest BCUT2D eigenvalue weighted by Crippen LogP contribution is 2.37.